The summed E-state index contributed by atoms with van der Waals surface area (Å²) in [5, 5.41) is 12.2. The molecule has 3 atom stereocenters. The van der Waals surface area contributed by atoms with Crippen molar-refractivity contribution < 1.29 is 4.79 Å². The highest BCUT2D eigenvalue weighted by Crippen LogP contribution is 2.41. The fourth-order valence-corrected chi connectivity index (χ4v) is 4.11. The number of carbonyl (C=O) groups excluding carboxylic acids is 1. The van der Waals surface area contributed by atoms with Crippen molar-refractivity contribution in [2.75, 3.05) is 11.4 Å². The summed E-state index contributed by atoms with van der Waals surface area (Å²) in [6.45, 7) is 2.57. The third kappa shape index (κ3) is 2.06. The van der Waals surface area contributed by atoms with Crippen molar-refractivity contribution in [3.63, 3.8) is 0 Å². The Morgan fingerprint density at radius 3 is 2.88 bits per heavy atom. The molecular weight excluding hydrogens is 304 g/mol. The van der Waals surface area contributed by atoms with Crippen LogP contribution >= 0.6 is 27.3 Å². The molecule has 1 amide bonds. The average molecular weight is 317 g/mol. The molecular formula is C10H13BrN4OS. The van der Waals surface area contributed by atoms with Crippen LogP contribution in [-0.2, 0) is 4.79 Å². The fraction of sp³-hybridized carbons (Fsp3) is 0.700. The summed E-state index contributed by atoms with van der Waals surface area (Å²) >= 11 is 4.91. The average Bonchev–Trinajstić information content (AvgIpc) is 2.90. The Hall–Kier alpha value is -0.690. The molecule has 1 saturated heterocycles. The number of anilines is 1. The van der Waals surface area contributed by atoms with Crippen LogP contribution in [-0.4, -0.2) is 34.7 Å². The monoisotopic (exact) mass is 316 g/mol. The Kier molecular flexibility index (Phi) is 2.82. The van der Waals surface area contributed by atoms with E-state index in [9.17, 15) is 4.79 Å². The lowest BCUT2D eigenvalue weighted by molar-refractivity contribution is -0.119. The van der Waals surface area contributed by atoms with Gasteiger partial charge in [0.2, 0.25) is 11.0 Å². The molecule has 2 heterocycles. The van der Waals surface area contributed by atoms with Crippen LogP contribution < -0.4 is 10.2 Å². The summed E-state index contributed by atoms with van der Waals surface area (Å²) in [6, 6.07) is 0.863. The third-order valence-corrected chi connectivity index (χ3v) is 4.96. The normalized spacial score (nSPS) is 30.9. The van der Waals surface area contributed by atoms with Crippen LogP contribution in [0, 0.1) is 5.92 Å². The van der Waals surface area contributed by atoms with Crippen molar-refractivity contribution in [3.8, 4) is 0 Å². The molecule has 1 aromatic heterocycles. The molecule has 17 heavy (non-hydrogen) atoms. The van der Waals surface area contributed by atoms with Gasteiger partial charge in [-0.05, 0) is 34.7 Å². The zero-order chi connectivity index (χ0) is 12.0. The maximum Gasteiger partial charge on any atom is 0.217 e. The molecule has 0 aromatic carbocycles. The second-order valence-electron chi connectivity index (χ2n) is 4.68. The molecule has 0 radical (unpaired) electrons. The van der Waals surface area contributed by atoms with Gasteiger partial charge in [-0.1, -0.05) is 11.3 Å². The van der Waals surface area contributed by atoms with E-state index in [1.807, 2.05) is 0 Å². The Morgan fingerprint density at radius 1 is 1.53 bits per heavy atom. The van der Waals surface area contributed by atoms with E-state index in [0.717, 1.165) is 28.4 Å². The highest BCUT2D eigenvalue weighted by Gasteiger charge is 2.45. The second kappa shape index (κ2) is 4.20. The number of nitrogens with zero attached hydrogens (tertiary/aromatic N) is 3. The Morgan fingerprint density at radius 2 is 2.35 bits per heavy atom. The quantitative estimate of drug-likeness (QED) is 0.896. The van der Waals surface area contributed by atoms with Crippen LogP contribution in [0.2, 0.25) is 0 Å². The van der Waals surface area contributed by atoms with Gasteiger partial charge >= 0.3 is 0 Å². The van der Waals surface area contributed by atoms with Gasteiger partial charge in [0.25, 0.3) is 0 Å². The summed E-state index contributed by atoms with van der Waals surface area (Å²) < 4.78 is 0.827. The number of carbonyl (C=O) groups is 1. The molecule has 1 aromatic rings. The van der Waals surface area contributed by atoms with Crippen LogP contribution in [0.5, 0.6) is 0 Å². The summed E-state index contributed by atoms with van der Waals surface area (Å²) in [4.78, 5) is 13.4. The van der Waals surface area contributed by atoms with Crippen LogP contribution in [0.3, 0.4) is 0 Å². The number of amides is 1. The molecule has 2 fully saturated rings. The topological polar surface area (TPSA) is 58.1 Å². The number of halogens is 1. The van der Waals surface area contributed by atoms with E-state index in [4.69, 9.17) is 0 Å². The minimum Gasteiger partial charge on any atom is -0.353 e. The standard InChI is InChI=1S/C10H13BrN4OS/c1-5(16)12-8-3-7-2-6(8)4-15(7)10-14-13-9(11)17-10/h6-8H,2-4H2,1H3,(H,12,16)/t6-,7-,8-/m1/s1. The van der Waals surface area contributed by atoms with E-state index in [1.54, 1.807) is 18.3 Å². The van der Waals surface area contributed by atoms with E-state index in [0.29, 0.717) is 18.0 Å². The van der Waals surface area contributed by atoms with E-state index < -0.39 is 0 Å². The molecule has 3 rings (SSSR count). The van der Waals surface area contributed by atoms with Crippen molar-refractivity contribution in [1.29, 1.82) is 0 Å². The number of fused-ring (bicyclic) bond motifs is 2. The van der Waals surface area contributed by atoms with Crippen molar-refractivity contribution in [3.05, 3.63) is 3.92 Å². The lowest BCUT2D eigenvalue weighted by Crippen LogP contribution is -2.45. The van der Waals surface area contributed by atoms with E-state index in [-0.39, 0.29) is 5.91 Å². The maximum absolute atomic E-state index is 11.1. The SMILES string of the molecule is CC(=O)N[C@@H]1C[C@H]2C[C@@H]1CN2c1nnc(Br)s1. The maximum atomic E-state index is 11.1. The molecule has 1 saturated carbocycles. The van der Waals surface area contributed by atoms with Gasteiger partial charge in [0, 0.05) is 25.6 Å². The Balaban J connectivity index is 1.70. The van der Waals surface area contributed by atoms with Gasteiger partial charge < -0.3 is 10.2 Å². The molecule has 92 valence electrons. The van der Waals surface area contributed by atoms with Gasteiger partial charge in [-0.15, -0.1) is 10.2 Å². The summed E-state index contributed by atoms with van der Waals surface area (Å²) in [5.41, 5.74) is 0. The van der Waals surface area contributed by atoms with Crippen LogP contribution in [0.4, 0.5) is 5.13 Å². The number of nitrogens with one attached hydrogen (secondary N) is 1. The molecule has 5 nitrogen and oxygen atoms in total. The highest BCUT2D eigenvalue weighted by atomic mass is 79.9. The van der Waals surface area contributed by atoms with E-state index >= 15 is 0 Å². The first-order valence-electron chi connectivity index (χ1n) is 5.66. The van der Waals surface area contributed by atoms with E-state index in [1.165, 1.54) is 0 Å². The van der Waals surface area contributed by atoms with Crippen LogP contribution in [0.1, 0.15) is 19.8 Å². The van der Waals surface area contributed by atoms with Crippen molar-refractivity contribution >= 4 is 38.3 Å². The van der Waals surface area contributed by atoms with Crippen molar-refractivity contribution in [1.82, 2.24) is 15.5 Å². The van der Waals surface area contributed by atoms with Gasteiger partial charge in [0.05, 0.1) is 0 Å². The zero-order valence-electron chi connectivity index (χ0n) is 9.39. The lowest BCUT2D eigenvalue weighted by atomic mass is 10.0. The molecule has 1 aliphatic carbocycles. The minimum atomic E-state index is 0.0766. The van der Waals surface area contributed by atoms with Gasteiger partial charge in [0.15, 0.2) is 3.92 Å². The lowest BCUT2D eigenvalue weighted by Gasteiger charge is -2.31. The van der Waals surface area contributed by atoms with Crippen LogP contribution in [0.15, 0.2) is 3.92 Å². The first-order valence-corrected chi connectivity index (χ1v) is 7.27. The number of piperidine rings is 1. The van der Waals surface area contributed by atoms with Crippen molar-refractivity contribution in [2.45, 2.75) is 31.8 Å². The predicted octanol–water partition coefficient (Wildman–Crippen LogP) is 1.40. The van der Waals surface area contributed by atoms with E-state index in [2.05, 4.69) is 36.3 Å². The number of aromatic nitrogens is 2. The molecule has 2 aliphatic rings. The molecule has 1 N–H and O–H groups in total. The number of hydrogen-bond donors (Lipinski definition) is 1. The third-order valence-electron chi connectivity index (χ3n) is 3.57. The Bertz CT molecular complexity index is 451. The smallest absolute Gasteiger partial charge is 0.217 e. The Labute approximate surface area is 112 Å². The largest absolute Gasteiger partial charge is 0.353 e. The zero-order valence-corrected chi connectivity index (χ0v) is 11.8. The molecule has 0 spiro atoms. The molecule has 0 unspecified atom stereocenters. The molecule has 2 bridgehead atoms. The van der Waals surface area contributed by atoms with Gasteiger partial charge in [-0.2, -0.15) is 0 Å². The van der Waals surface area contributed by atoms with Crippen molar-refractivity contribution in [2.24, 2.45) is 5.92 Å². The molecule has 7 heteroatoms. The number of rotatable bonds is 2. The number of hydrogen-bond acceptors (Lipinski definition) is 5. The predicted molar refractivity (Wildman–Crippen MR) is 69.1 cm³/mol. The van der Waals surface area contributed by atoms with Gasteiger partial charge in [-0.25, -0.2) is 0 Å². The summed E-state index contributed by atoms with van der Waals surface area (Å²) in [5.74, 6) is 0.638. The molecule has 1 aliphatic heterocycles. The highest BCUT2D eigenvalue weighted by molar-refractivity contribution is 9.11. The second-order valence-corrected chi connectivity index (χ2v) is 6.91. The fourth-order valence-electron chi connectivity index (χ4n) is 2.94. The van der Waals surface area contributed by atoms with Gasteiger partial charge in [0.1, 0.15) is 0 Å². The summed E-state index contributed by atoms with van der Waals surface area (Å²) in [7, 11) is 0. The first kappa shape index (κ1) is 11.4. The van der Waals surface area contributed by atoms with Gasteiger partial charge in [-0.3, -0.25) is 4.79 Å². The first-order chi connectivity index (χ1) is 8.13. The minimum absolute atomic E-state index is 0.0766. The summed E-state index contributed by atoms with van der Waals surface area (Å²) in [6.07, 6.45) is 2.18. The van der Waals surface area contributed by atoms with Crippen LogP contribution in [0.25, 0.3) is 0 Å².